The molecule has 1 aromatic heterocycles. The van der Waals surface area contributed by atoms with E-state index in [4.69, 9.17) is 0 Å². The molecule has 1 aromatic rings. The van der Waals surface area contributed by atoms with Crippen molar-refractivity contribution in [2.45, 2.75) is 50.7 Å². The quantitative estimate of drug-likeness (QED) is 0.748. The van der Waals surface area contributed by atoms with E-state index >= 15 is 0 Å². The fraction of sp³-hybridized carbons (Fsp3) is 0.706. The first-order chi connectivity index (χ1) is 11.3. The highest BCUT2D eigenvalue weighted by molar-refractivity contribution is 7.91. The molecule has 1 atom stereocenters. The van der Waals surface area contributed by atoms with Gasteiger partial charge in [-0.3, -0.25) is 4.79 Å². The summed E-state index contributed by atoms with van der Waals surface area (Å²) in [5.41, 5.74) is 0. The van der Waals surface area contributed by atoms with Crippen molar-refractivity contribution in [3.8, 4) is 0 Å². The molecule has 1 aliphatic heterocycles. The molecule has 0 aliphatic carbocycles. The molecule has 0 radical (unpaired) electrons. The Kier molecular flexibility index (Phi) is 6.83. The molecular weight excluding hydrogens is 344 g/mol. The molecule has 0 bridgehead atoms. The third-order valence-corrected chi connectivity index (χ3v) is 7.66. The second-order valence-electron chi connectivity index (χ2n) is 6.89. The Balaban J connectivity index is 1.92. The van der Waals surface area contributed by atoms with E-state index in [9.17, 15) is 13.2 Å². The molecule has 2 rings (SSSR count). The molecule has 0 saturated carbocycles. The minimum Gasteiger partial charge on any atom is -0.356 e. The van der Waals surface area contributed by atoms with Gasteiger partial charge in [-0.25, -0.2) is 8.42 Å². The summed E-state index contributed by atoms with van der Waals surface area (Å²) in [5, 5.41) is 2.97. The minimum atomic E-state index is -3.47. The lowest BCUT2D eigenvalue weighted by Crippen LogP contribution is -2.45. The van der Waals surface area contributed by atoms with Crippen molar-refractivity contribution >= 4 is 27.3 Å². The highest BCUT2D eigenvalue weighted by Crippen LogP contribution is 2.28. The summed E-state index contributed by atoms with van der Waals surface area (Å²) in [6, 6.07) is 3.48. The first-order valence-corrected chi connectivity index (χ1v) is 10.9. The normalized spacial score (nSPS) is 19.6. The van der Waals surface area contributed by atoms with Gasteiger partial charge < -0.3 is 5.32 Å². The monoisotopic (exact) mass is 372 g/mol. The Morgan fingerprint density at radius 2 is 2.17 bits per heavy atom. The van der Waals surface area contributed by atoms with Crippen molar-refractivity contribution in [2.75, 3.05) is 19.6 Å². The molecule has 1 aliphatic rings. The zero-order valence-corrected chi connectivity index (χ0v) is 16.4. The van der Waals surface area contributed by atoms with Crippen molar-refractivity contribution in [3.05, 3.63) is 17.0 Å². The highest BCUT2D eigenvalue weighted by atomic mass is 32.2. The van der Waals surface area contributed by atoms with Crippen LogP contribution in [0.15, 0.2) is 16.3 Å². The number of nitrogens with one attached hydrogen (secondary N) is 1. The predicted octanol–water partition coefficient (Wildman–Crippen LogP) is 3.01. The molecule has 0 aromatic carbocycles. The van der Waals surface area contributed by atoms with Crippen molar-refractivity contribution < 1.29 is 13.2 Å². The van der Waals surface area contributed by atoms with Crippen LogP contribution in [0.3, 0.4) is 0 Å². The van der Waals surface area contributed by atoms with Gasteiger partial charge in [0.1, 0.15) is 4.21 Å². The van der Waals surface area contributed by atoms with Gasteiger partial charge in [-0.2, -0.15) is 4.31 Å². The van der Waals surface area contributed by atoms with Crippen LogP contribution in [-0.2, 0) is 14.8 Å². The zero-order valence-electron chi connectivity index (χ0n) is 14.7. The summed E-state index contributed by atoms with van der Waals surface area (Å²) in [7, 11) is -3.47. The number of hydrogen-bond acceptors (Lipinski definition) is 4. The van der Waals surface area contributed by atoms with E-state index in [2.05, 4.69) is 19.2 Å². The number of carbonyl (C=O) groups is 1. The summed E-state index contributed by atoms with van der Waals surface area (Å²) < 4.78 is 27.3. The van der Waals surface area contributed by atoms with Crippen LogP contribution in [0, 0.1) is 18.8 Å². The van der Waals surface area contributed by atoms with E-state index in [1.54, 1.807) is 6.07 Å². The van der Waals surface area contributed by atoms with E-state index in [1.807, 2.05) is 13.0 Å². The number of carbonyl (C=O) groups excluding carboxylic acids is 1. The molecule has 7 heteroatoms. The maximum Gasteiger partial charge on any atom is 0.252 e. The third kappa shape index (κ3) is 5.04. The molecule has 1 N–H and O–H groups in total. The minimum absolute atomic E-state index is 0.0129. The Morgan fingerprint density at radius 1 is 1.42 bits per heavy atom. The van der Waals surface area contributed by atoms with Crippen LogP contribution in [0.25, 0.3) is 0 Å². The van der Waals surface area contributed by atoms with Crippen LogP contribution in [-0.4, -0.2) is 38.3 Å². The second kappa shape index (κ2) is 8.45. The van der Waals surface area contributed by atoms with Crippen molar-refractivity contribution in [2.24, 2.45) is 11.8 Å². The Labute approximate surface area is 149 Å². The van der Waals surface area contributed by atoms with E-state index in [-0.39, 0.29) is 18.4 Å². The van der Waals surface area contributed by atoms with Crippen LogP contribution < -0.4 is 5.32 Å². The van der Waals surface area contributed by atoms with Crippen LogP contribution >= 0.6 is 11.3 Å². The van der Waals surface area contributed by atoms with Crippen LogP contribution in [0.1, 0.15) is 44.4 Å². The molecule has 1 fully saturated rings. The molecule has 136 valence electrons. The van der Waals surface area contributed by atoms with E-state index in [0.29, 0.717) is 23.2 Å². The van der Waals surface area contributed by atoms with Gasteiger partial charge in [0.15, 0.2) is 0 Å². The zero-order chi connectivity index (χ0) is 17.7. The summed E-state index contributed by atoms with van der Waals surface area (Å²) in [6.07, 6.45) is 3.54. The number of sulfonamides is 1. The average Bonchev–Trinajstić information content (AvgIpc) is 2.98. The predicted molar refractivity (Wildman–Crippen MR) is 97.6 cm³/mol. The van der Waals surface area contributed by atoms with Crippen molar-refractivity contribution in [1.82, 2.24) is 9.62 Å². The average molecular weight is 373 g/mol. The SMILES string of the molecule is Cc1ccc(S(=O)(=O)N2CCCC(C(=O)NCCCC(C)C)C2)s1. The van der Waals surface area contributed by atoms with Gasteiger partial charge >= 0.3 is 0 Å². The maximum absolute atomic E-state index is 12.7. The maximum atomic E-state index is 12.7. The topological polar surface area (TPSA) is 66.5 Å². The lowest BCUT2D eigenvalue weighted by atomic mass is 9.98. The van der Waals surface area contributed by atoms with Gasteiger partial charge in [0.2, 0.25) is 5.91 Å². The molecule has 5 nitrogen and oxygen atoms in total. The lowest BCUT2D eigenvalue weighted by Gasteiger charge is -2.30. The lowest BCUT2D eigenvalue weighted by molar-refractivity contribution is -0.126. The Hall–Kier alpha value is -0.920. The van der Waals surface area contributed by atoms with Crippen LogP contribution in [0.4, 0.5) is 0 Å². The molecular formula is C17H28N2O3S2. The summed E-state index contributed by atoms with van der Waals surface area (Å²) in [5.74, 6) is 0.376. The highest BCUT2D eigenvalue weighted by Gasteiger charge is 2.33. The van der Waals surface area contributed by atoms with E-state index in [1.165, 1.54) is 15.6 Å². The summed E-state index contributed by atoms with van der Waals surface area (Å²) in [4.78, 5) is 13.3. The molecule has 24 heavy (non-hydrogen) atoms. The number of rotatable bonds is 7. The number of nitrogens with zero attached hydrogens (tertiary/aromatic N) is 1. The molecule has 2 heterocycles. The van der Waals surface area contributed by atoms with Crippen molar-refractivity contribution in [3.63, 3.8) is 0 Å². The van der Waals surface area contributed by atoms with Gasteiger partial charge in [-0.1, -0.05) is 13.8 Å². The number of hydrogen-bond donors (Lipinski definition) is 1. The second-order valence-corrected chi connectivity index (χ2v) is 10.3. The Bertz CT molecular complexity index is 653. The molecule has 0 spiro atoms. The largest absolute Gasteiger partial charge is 0.356 e. The fourth-order valence-corrected chi connectivity index (χ4v) is 5.88. The smallest absolute Gasteiger partial charge is 0.252 e. The van der Waals surface area contributed by atoms with E-state index < -0.39 is 10.0 Å². The standard InChI is InChI=1S/C17H28N2O3S2/c1-13(2)6-4-10-18-17(20)15-7-5-11-19(12-15)24(21,22)16-9-8-14(3)23-16/h8-9,13,15H,4-7,10-12H2,1-3H3,(H,18,20). The molecule has 1 saturated heterocycles. The van der Waals surface area contributed by atoms with Gasteiger partial charge in [-0.15, -0.1) is 11.3 Å². The third-order valence-electron chi connectivity index (χ3n) is 4.32. The van der Waals surface area contributed by atoms with Crippen LogP contribution in [0.2, 0.25) is 0 Å². The number of aryl methyl sites for hydroxylation is 1. The summed E-state index contributed by atoms with van der Waals surface area (Å²) in [6.45, 7) is 7.68. The van der Waals surface area contributed by atoms with Crippen LogP contribution in [0.5, 0.6) is 0 Å². The van der Waals surface area contributed by atoms with Gasteiger partial charge in [0.25, 0.3) is 10.0 Å². The molecule has 1 amide bonds. The summed E-state index contributed by atoms with van der Waals surface area (Å²) >= 11 is 1.29. The van der Waals surface area contributed by atoms with Gasteiger partial charge in [0.05, 0.1) is 5.92 Å². The van der Waals surface area contributed by atoms with Gasteiger partial charge in [0, 0.05) is 24.5 Å². The fourth-order valence-electron chi connectivity index (χ4n) is 2.92. The Morgan fingerprint density at radius 3 is 2.79 bits per heavy atom. The first kappa shape index (κ1) is 19.4. The molecule has 1 unspecified atom stereocenters. The number of amides is 1. The van der Waals surface area contributed by atoms with E-state index in [0.717, 1.165) is 30.6 Å². The first-order valence-electron chi connectivity index (χ1n) is 8.65. The number of thiophene rings is 1. The van der Waals surface area contributed by atoms with Crippen molar-refractivity contribution in [1.29, 1.82) is 0 Å². The number of piperidine rings is 1. The van der Waals surface area contributed by atoms with Gasteiger partial charge in [-0.05, 0) is 50.7 Å².